The first-order valence-corrected chi connectivity index (χ1v) is 9.15. The molecular formula is C20H21ClN4O2. The van der Waals surface area contributed by atoms with Gasteiger partial charge in [0.25, 0.3) is 5.69 Å². The van der Waals surface area contributed by atoms with Gasteiger partial charge in [0, 0.05) is 50.0 Å². The van der Waals surface area contributed by atoms with Crippen LogP contribution in [0.3, 0.4) is 0 Å². The molecule has 0 aliphatic carbocycles. The highest BCUT2D eigenvalue weighted by Gasteiger charge is 2.15. The lowest BCUT2D eigenvalue weighted by Gasteiger charge is -2.32. The van der Waals surface area contributed by atoms with E-state index in [0.717, 1.165) is 37.7 Å². The molecule has 0 saturated carbocycles. The van der Waals surface area contributed by atoms with Gasteiger partial charge in [-0.2, -0.15) is 5.10 Å². The van der Waals surface area contributed by atoms with E-state index in [0.29, 0.717) is 5.56 Å². The number of allylic oxidation sites excluding steroid dienone is 1. The lowest BCUT2D eigenvalue weighted by atomic mass is 10.1. The maximum atomic E-state index is 11.0. The summed E-state index contributed by atoms with van der Waals surface area (Å²) >= 11 is 5.92. The number of piperazine rings is 1. The van der Waals surface area contributed by atoms with Crippen LogP contribution in [0.5, 0.6) is 0 Å². The molecule has 0 radical (unpaired) electrons. The van der Waals surface area contributed by atoms with Gasteiger partial charge in [-0.1, -0.05) is 35.9 Å². The molecule has 1 fully saturated rings. The Hall–Kier alpha value is -2.70. The molecule has 6 nitrogen and oxygen atoms in total. The summed E-state index contributed by atoms with van der Waals surface area (Å²) in [5.41, 5.74) is 1.92. The van der Waals surface area contributed by atoms with Gasteiger partial charge < -0.3 is 0 Å². The monoisotopic (exact) mass is 384 g/mol. The van der Waals surface area contributed by atoms with Crippen molar-refractivity contribution in [2.24, 2.45) is 5.10 Å². The molecule has 2 aromatic carbocycles. The van der Waals surface area contributed by atoms with Gasteiger partial charge in [0.15, 0.2) is 0 Å². The largest absolute Gasteiger partial charge is 0.295 e. The molecule has 1 aliphatic rings. The Morgan fingerprint density at radius 1 is 1.07 bits per heavy atom. The first-order valence-electron chi connectivity index (χ1n) is 8.77. The average Bonchev–Trinajstić information content (AvgIpc) is 2.68. The summed E-state index contributed by atoms with van der Waals surface area (Å²) in [7, 11) is 0. The molecule has 0 atom stereocenters. The van der Waals surface area contributed by atoms with Gasteiger partial charge in [0.1, 0.15) is 0 Å². The number of halogens is 1. The number of rotatable bonds is 6. The number of hydrogen-bond donors (Lipinski definition) is 0. The lowest BCUT2D eigenvalue weighted by molar-refractivity contribution is -0.385. The van der Waals surface area contributed by atoms with Gasteiger partial charge in [-0.3, -0.25) is 20.0 Å². The van der Waals surface area contributed by atoms with Crippen LogP contribution in [0.15, 0.2) is 59.7 Å². The van der Waals surface area contributed by atoms with Crippen molar-refractivity contribution >= 4 is 29.6 Å². The van der Waals surface area contributed by atoms with Gasteiger partial charge in [-0.25, -0.2) is 0 Å². The van der Waals surface area contributed by atoms with Crippen molar-refractivity contribution < 1.29 is 4.92 Å². The van der Waals surface area contributed by atoms with Gasteiger partial charge >= 0.3 is 0 Å². The predicted molar refractivity (Wildman–Crippen MR) is 109 cm³/mol. The highest BCUT2D eigenvalue weighted by Crippen LogP contribution is 2.18. The van der Waals surface area contributed by atoms with Crippen molar-refractivity contribution in [2.75, 3.05) is 26.2 Å². The summed E-state index contributed by atoms with van der Waals surface area (Å²) in [6, 6.07) is 14.6. The highest BCUT2D eigenvalue weighted by atomic mass is 35.5. The third-order valence-corrected chi connectivity index (χ3v) is 4.65. The van der Waals surface area contributed by atoms with E-state index >= 15 is 0 Å². The minimum Gasteiger partial charge on any atom is -0.295 e. The Morgan fingerprint density at radius 3 is 2.48 bits per heavy atom. The first-order chi connectivity index (χ1) is 13.1. The maximum absolute atomic E-state index is 11.0. The minimum atomic E-state index is -0.378. The predicted octanol–water partition coefficient (Wildman–Crippen LogP) is 4.07. The molecule has 0 amide bonds. The minimum absolute atomic E-state index is 0.0953. The van der Waals surface area contributed by atoms with Crippen molar-refractivity contribution in [3.05, 3.63) is 80.9 Å². The van der Waals surface area contributed by atoms with Crippen LogP contribution in [0.4, 0.5) is 5.69 Å². The SMILES string of the molecule is O=[N+]([O-])c1ccccc1C=CC=NN1CCN(Cc2ccc(Cl)cc2)CC1. The molecule has 1 aliphatic heterocycles. The van der Waals surface area contributed by atoms with Crippen LogP contribution in [0.2, 0.25) is 5.02 Å². The Kier molecular flexibility index (Phi) is 6.57. The van der Waals surface area contributed by atoms with Gasteiger partial charge in [-0.05, 0) is 35.9 Å². The number of para-hydroxylation sites is 1. The summed E-state index contributed by atoms with van der Waals surface area (Å²) in [6.45, 7) is 4.49. The number of nitrogens with zero attached hydrogens (tertiary/aromatic N) is 4. The summed E-state index contributed by atoms with van der Waals surface area (Å²) in [5, 5.41) is 18.2. The van der Waals surface area contributed by atoms with Crippen molar-refractivity contribution in [1.29, 1.82) is 0 Å². The zero-order valence-corrected chi connectivity index (χ0v) is 15.6. The fourth-order valence-electron chi connectivity index (χ4n) is 2.93. The van der Waals surface area contributed by atoms with Crippen molar-refractivity contribution in [1.82, 2.24) is 9.91 Å². The number of hydrazone groups is 1. The molecule has 0 bridgehead atoms. The summed E-state index contributed by atoms with van der Waals surface area (Å²) in [5.74, 6) is 0. The second-order valence-corrected chi connectivity index (χ2v) is 6.73. The van der Waals surface area contributed by atoms with Crippen molar-refractivity contribution in [3.8, 4) is 0 Å². The molecule has 7 heteroatoms. The number of benzene rings is 2. The van der Waals surface area contributed by atoms with E-state index in [1.807, 2.05) is 17.1 Å². The Morgan fingerprint density at radius 2 is 1.78 bits per heavy atom. The summed E-state index contributed by atoms with van der Waals surface area (Å²) in [6.07, 6.45) is 5.13. The maximum Gasteiger partial charge on any atom is 0.276 e. The fourth-order valence-corrected chi connectivity index (χ4v) is 3.06. The number of hydrogen-bond acceptors (Lipinski definition) is 5. The normalized spacial score (nSPS) is 15.7. The van der Waals surface area contributed by atoms with E-state index in [-0.39, 0.29) is 10.6 Å². The van der Waals surface area contributed by atoms with Crippen LogP contribution in [0.25, 0.3) is 6.08 Å². The van der Waals surface area contributed by atoms with E-state index in [4.69, 9.17) is 11.6 Å². The molecule has 1 heterocycles. The molecule has 0 unspecified atom stereocenters. The summed E-state index contributed by atoms with van der Waals surface area (Å²) in [4.78, 5) is 13.0. The van der Waals surface area contributed by atoms with E-state index in [9.17, 15) is 10.1 Å². The van der Waals surface area contributed by atoms with E-state index in [1.54, 1.807) is 36.6 Å². The third kappa shape index (κ3) is 5.64. The molecule has 0 aromatic heterocycles. The second-order valence-electron chi connectivity index (χ2n) is 6.30. The standard InChI is InChI=1S/C20H21ClN4O2/c21-19-9-7-17(8-10-19)16-23-12-14-24(15-13-23)22-11-3-5-18-4-1-2-6-20(18)25(26)27/h1-11H,12-16H2. The first kappa shape index (κ1) is 19.1. The van der Waals surface area contributed by atoms with Crippen molar-refractivity contribution in [2.45, 2.75) is 6.54 Å². The van der Waals surface area contributed by atoms with Crippen LogP contribution in [0.1, 0.15) is 11.1 Å². The van der Waals surface area contributed by atoms with E-state index in [1.165, 1.54) is 11.6 Å². The smallest absolute Gasteiger partial charge is 0.276 e. The fraction of sp³-hybridized carbons (Fsp3) is 0.250. The zero-order valence-electron chi connectivity index (χ0n) is 14.9. The second kappa shape index (κ2) is 9.30. The van der Waals surface area contributed by atoms with Gasteiger partial charge in [-0.15, -0.1) is 0 Å². The highest BCUT2D eigenvalue weighted by molar-refractivity contribution is 6.30. The Labute approximate surface area is 163 Å². The zero-order chi connectivity index (χ0) is 19.1. The molecule has 27 heavy (non-hydrogen) atoms. The summed E-state index contributed by atoms with van der Waals surface area (Å²) < 4.78 is 0. The van der Waals surface area contributed by atoms with E-state index in [2.05, 4.69) is 22.1 Å². The van der Waals surface area contributed by atoms with E-state index < -0.39 is 0 Å². The molecule has 140 valence electrons. The van der Waals surface area contributed by atoms with Crippen LogP contribution in [0, 0.1) is 10.1 Å². The van der Waals surface area contributed by atoms with Gasteiger partial charge in [0.2, 0.25) is 0 Å². The molecule has 0 spiro atoms. The van der Waals surface area contributed by atoms with Crippen molar-refractivity contribution in [3.63, 3.8) is 0 Å². The third-order valence-electron chi connectivity index (χ3n) is 4.39. The van der Waals surface area contributed by atoms with Crippen LogP contribution >= 0.6 is 11.6 Å². The molecule has 0 N–H and O–H groups in total. The van der Waals surface area contributed by atoms with Crippen LogP contribution < -0.4 is 0 Å². The number of nitro benzene ring substituents is 1. The molecule has 1 saturated heterocycles. The van der Waals surface area contributed by atoms with Gasteiger partial charge in [0.05, 0.1) is 10.5 Å². The topological polar surface area (TPSA) is 62.0 Å². The molecular weight excluding hydrogens is 364 g/mol. The van der Waals surface area contributed by atoms with Crippen LogP contribution in [-0.4, -0.2) is 47.2 Å². The number of nitro groups is 1. The Bertz CT molecular complexity index is 828. The molecule has 3 rings (SSSR count). The quantitative estimate of drug-likeness (QED) is 0.428. The average molecular weight is 385 g/mol. The lowest BCUT2D eigenvalue weighted by Crippen LogP contribution is -2.43. The van der Waals surface area contributed by atoms with Crippen LogP contribution in [-0.2, 0) is 6.54 Å². The Balaban J connectivity index is 1.48. The molecule has 2 aromatic rings.